The highest BCUT2D eigenvalue weighted by atomic mass is 19.1. The maximum Gasteiger partial charge on any atom is 0.250 e. The number of aromatic amines is 7. The summed E-state index contributed by atoms with van der Waals surface area (Å²) in [7, 11) is 1.55. The van der Waals surface area contributed by atoms with Crippen LogP contribution in [0.25, 0.3) is 110 Å². The van der Waals surface area contributed by atoms with Crippen molar-refractivity contribution in [2.24, 2.45) is 0 Å². The van der Waals surface area contributed by atoms with E-state index in [2.05, 4.69) is 130 Å². The molecule has 27 N–H and O–H groups in total. The van der Waals surface area contributed by atoms with Gasteiger partial charge in [0.25, 0.3) is 5.56 Å². The minimum atomic E-state index is -1.54. The number of hydrogen-bond acceptors (Lipinski definition) is 35. The van der Waals surface area contributed by atoms with Crippen LogP contribution in [-0.4, -0.2) is 366 Å². The highest BCUT2D eigenvalue weighted by Crippen LogP contribution is 2.38. The molecule has 0 aliphatic carbocycles. The maximum absolute atomic E-state index is 14.3. The van der Waals surface area contributed by atoms with Crippen molar-refractivity contribution < 1.29 is 139 Å². The molecule has 0 saturated carbocycles. The summed E-state index contributed by atoms with van der Waals surface area (Å²) in [5, 5.41) is 235. The number of ether oxygens (including phenoxy) is 6. The van der Waals surface area contributed by atoms with Gasteiger partial charge in [-0.1, -0.05) is 59.2 Å². The number of fused-ring (bicyclic) bond motifs is 5. The Hall–Kier alpha value is -14.7. The molecule has 0 bridgehead atoms. The number of methoxy groups -OCH3 is 1. The Balaban J connectivity index is 0.000000133. The van der Waals surface area contributed by atoms with E-state index in [1.54, 1.807) is 94.8 Å². The monoisotopic (exact) mass is 2060 g/mol. The molecule has 20 rings (SSSR count). The number of aliphatic hydroxyl groups is 20. The average molecular weight is 2060 g/mol. The smallest absolute Gasteiger partial charge is 0.250 e. The van der Waals surface area contributed by atoms with Gasteiger partial charge in [-0.05, 0) is 169 Å². The third kappa shape index (κ3) is 23.5. The largest absolute Gasteiger partial charge is 0.481 e. The number of halogens is 2. The molecule has 44 heteroatoms. The van der Waals surface area contributed by atoms with Gasteiger partial charge in [0.1, 0.15) is 164 Å². The molecule has 5 aliphatic heterocycles. The Morgan fingerprint density at radius 1 is 0.340 bits per heavy atom. The SMILES string of the molecule is COc1ncc(C)cc1-c1cc(C#C[C@H]2O[C@H](CO)[C@@H](O)[C@H](O)[C@@H]2O)c2[nH]ncc2c1.Cc1[nH]c(=O)ccc1-c1cc(C#C[C@H]2O[C@H](CO)[C@@H](O)[C@H](O)[C@@H]2O)c2[nH]ncc2c1.Cc1cc(-c2cc(C#C[C@H]3O[C@H](CO)[C@@H](O)[C@H](O)[C@@H]3O)c3[nH]ncc3c2)c[nH]c1=O.Cc1ccncc1-c1cc(C#C[C@H]2O[C@H](CO)[C@@H](O)[C@H](O)[C@@H]2O)c2[nH]ncc2c1.OC[C@H]1O[C@H](C#Cc2cc(-c3ccc(F)cc3F)cc3cn[nH]c23)[C@@H](O)[C@@H](O)[C@@H]1O. The van der Waals surface area contributed by atoms with E-state index in [-0.39, 0.29) is 16.7 Å². The number of aromatic nitrogens is 14. The van der Waals surface area contributed by atoms with E-state index in [1.807, 2.05) is 74.5 Å². The molecule has 9 aromatic heterocycles. The van der Waals surface area contributed by atoms with Crippen molar-refractivity contribution in [3.05, 3.63) is 248 Å². The molecular weight excluding hydrogens is 1960 g/mol. The summed E-state index contributed by atoms with van der Waals surface area (Å²) < 4.78 is 60.1. The summed E-state index contributed by atoms with van der Waals surface area (Å²) in [5.41, 5.74) is 16.4. The van der Waals surface area contributed by atoms with E-state index in [1.165, 1.54) is 18.3 Å². The van der Waals surface area contributed by atoms with Crippen molar-refractivity contribution in [3.8, 4) is 121 Å². The zero-order valence-electron chi connectivity index (χ0n) is 80.2. The number of benzene rings is 6. The molecule has 0 amide bonds. The lowest BCUT2D eigenvalue weighted by Gasteiger charge is -2.37. The van der Waals surface area contributed by atoms with Gasteiger partial charge in [-0.15, -0.1) is 0 Å². The molecule has 0 radical (unpaired) electrons. The van der Waals surface area contributed by atoms with E-state index < -0.39 is 197 Å². The molecular formula is C106H104F2N14O28. The van der Waals surface area contributed by atoms with Crippen LogP contribution in [0.4, 0.5) is 8.78 Å². The van der Waals surface area contributed by atoms with Crippen molar-refractivity contribution in [2.75, 3.05) is 40.1 Å². The zero-order chi connectivity index (χ0) is 107. The predicted molar refractivity (Wildman–Crippen MR) is 533 cm³/mol. The number of H-pyrrole nitrogens is 7. The molecule has 15 aromatic rings. The van der Waals surface area contributed by atoms with E-state index in [9.17, 15) is 121 Å². The molecule has 5 saturated heterocycles. The predicted octanol–water partition coefficient (Wildman–Crippen LogP) is -0.194. The molecule has 150 heavy (non-hydrogen) atoms. The van der Waals surface area contributed by atoms with E-state index >= 15 is 0 Å². The fraction of sp³-hybridized carbons (Fsp3) is 0.330. The summed E-state index contributed by atoms with van der Waals surface area (Å²) in [6.07, 6.45) is -17.4. The van der Waals surface area contributed by atoms with Gasteiger partial charge >= 0.3 is 0 Å². The number of aliphatic hydroxyl groups excluding tert-OH is 20. The molecule has 25 atom stereocenters. The Morgan fingerprint density at radius 3 is 0.993 bits per heavy atom. The average Bonchev–Trinajstić information content (AvgIpc) is 1.60. The first-order chi connectivity index (χ1) is 72.1. The van der Waals surface area contributed by atoms with E-state index in [0.717, 1.165) is 94.8 Å². The van der Waals surface area contributed by atoms with Gasteiger partial charge in [-0.25, -0.2) is 13.8 Å². The van der Waals surface area contributed by atoms with Crippen molar-refractivity contribution in [3.63, 3.8) is 0 Å². The Bertz CT molecular complexity index is 7860. The van der Waals surface area contributed by atoms with Crippen molar-refractivity contribution >= 4 is 54.5 Å². The van der Waals surface area contributed by atoms with Crippen LogP contribution in [0.1, 0.15) is 50.2 Å². The molecule has 6 aromatic carbocycles. The molecule has 14 heterocycles. The molecule has 42 nitrogen and oxygen atoms in total. The van der Waals surface area contributed by atoms with Crippen molar-refractivity contribution in [1.29, 1.82) is 0 Å². The van der Waals surface area contributed by atoms with Crippen LogP contribution in [0.2, 0.25) is 0 Å². The van der Waals surface area contributed by atoms with Crippen molar-refractivity contribution in [1.82, 2.24) is 70.9 Å². The van der Waals surface area contributed by atoms with Crippen LogP contribution in [-0.2, 0) is 23.7 Å². The quantitative estimate of drug-likeness (QED) is 0.0746. The number of nitrogens with one attached hydrogen (secondary N) is 7. The number of pyridine rings is 4. The number of aryl methyl sites for hydroxylation is 4. The van der Waals surface area contributed by atoms with Crippen LogP contribution in [0, 0.1) is 98.5 Å². The molecule has 0 unspecified atom stereocenters. The van der Waals surface area contributed by atoms with E-state index in [4.69, 9.17) is 28.4 Å². The summed E-state index contributed by atoms with van der Waals surface area (Å²) >= 11 is 0. The zero-order valence-corrected chi connectivity index (χ0v) is 80.2. The van der Waals surface area contributed by atoms with Crippen LogP contribution in [0.15, 0.2) is 175 Å². The van der Waals surface area contributed by atoms with Crippen LogP contribution in [0.3, 0.4) is 0 Å². The van der Waals surface area contributed by atoms with Crippen LogP contribution >= 0.6 is 0 Å². The standard InChI is InChI=1S/C22H23N3O6.C21H18F2N2O5.2C21H21N3O6.C21H21N3O5/c1-11-5-15(22(30-2)23-8-11)13-6-12(18-14(7-13)9-24-25-18)3-4-16-19(27)21(29)20(28)17(10-26)31-16;22-13-2-3-14(15(23)7-13)11-5-10(18-12(6-11)8-24-25-18)1-4-16-19(27)21(29)20(28)17(9-26)30-16;1-10-14(3-5-17(26)23-10)12-6-11(18-13(7-12)8-22-24-18)2-4-15-19(27)21(29)20(28)16(9-25)30-15;1-10-4-13(7-22-21(10)29)12-5-11(17-14(6-12)8-23-24-17)2-3-15-18(26)20(28)19(27)16(9-25)30-15;1-11-4-5-22-9-15(11)13-6-12(18-14(7-13)8-23-24-18)2-3-16-19(26)21(28)20(27)17(10-25)29-16/h5-9,16-17,19-21,26-29H,10H2,1-2H3,(H,24,25);2-3,5-8,16-17,19-21,26-29H,9H2,(H,24,25);3,5-8,15-16,19-21,25,27-29H,9H2,1H3,(H,22,24)(H,23,26);4-8,15-16,18-20,25-28H,9H2,1H3,(H,22,29)(H,23,24);4-9,16-17,19-21,25-28H,10H2,1H3,(H,23,24)/t2*16-,17-,19-,20-,21-;15-,16-,19-,20-,21-;15-,16-,18-,19-,20-;16-,17-,19-,20-,21-/m11111/s1. The topological polar surface area (TPSA) is 695 Å². The first kappa shape index (κ1) is 108. The van der Waals surface area contributed by atoms with E-state index in [0.29, 0.717) is 78.0 Å². The van der Waals surface area contributed by atoms with Crippen molar-refractivity contribution in [2.45, 2.75) is 180 Å². The summed E-state index contributed by atoms with van der Waals surface area (Å²) in [6, 6.07) is 30.5. The lowest BCUT2D eigenvalue weighted by Crippen LogP contribution is -2.58. The third-order valence-corrected chi connectivity index (χ3v) is 25.9. The molecule has 5 fully saturated rings. The van der Waals surface area contributed by atoms with Gasteiger partial charge in [-0.3, -0.25) is 40.1 Å². The Kier molecular flexibility index (Phi) is 34.2. The van der Waals surface area contributed by atoms with Gasteiger partial charge in [0.05, 0.1) is 127 Å². The second-order valence-electron chi connectivity index (χ2n) is 36.0. The molecule has 0 spiro atoms. The first-order valence-electron chi connectivity index (χ1n) is 46.8. The number of nitrogens with zero attached hydrogens (tertiary/aromatic N) is 7. The second kappa shape index (κ2) is 47.5. The minimum Gasteiger partial charge on any atom is -0.481 e. The minimum absolute atomic E-state index is 0.161. The lowest BCUT2D eigenvalue weighted by molar-refractivity contribution is -0.214. The maximum atomic E-state index is 14.3. The second-order valence-corrected chi connectivity index (χ2v) is 36.0. The third-order valence-electron chi connectivity index (χ3n) is 25.9. The fourth-order valence-corrected chi connectivity index (χ4v) is 17.5. The summed E-state index contributed by atoms with van der Waals surface area (Å²) in [6.45, 7) is 4.85. The highest BCUT2D eigenvalue weighted by Gasteiger charge is 2.48. The summed E-state index contributed by atoms with van der Waals surface area (Å²) in [5.74, 6) is 27.6. The van der Waals surface area contributed by atoms with Gasteiger partial charge < -0.3 is 141 Å². The summed E-state index contributed by atoms with van der Waals surface area (Å²) in [4.78, 5) is 37.2. The lowest BCUT2D eigenvalue weighted by atomic mass is 9.95. The normalized spacial score (nSPS) is 26.4. The fourth-order valence-electron chi connectivity index (χ4n) is 17.5. The highest BCUT2D eigenvalue weighted by molar-refractivity contribution is 5.94. The Morgan fingerprint density at radius 2 is 0.667 bits per heavy atom. The molecule has 780 valence electrons. The Labute approximate surface area is 849 Å². The van der Waals surface area contributed by atoms with Gasteiger partial charge in [0.15, 0.2) is 0 Å². The molecule has 5 aliphatic rings. The first-order valence-corrected chi connectivity index (χ1v) is 46.8. The van der Waals surface area contributed by atoms with Gasteiger partial charge in [0.2, 0.25) is 11.4 Å². The number of rotatable bonds is 11. The van der Waals surface area contributed by atoms with Crippen LogP contribution < -0.4 is 15.9 Å². The van der Waals surface area contributed by atoms with Gasteiger partial charge in [-0.2, -0.15) is 25.5 Å². The van der Waals surface area contributed by atoms with Crippen LogP contribution in [0.5, 0.6) is 5.88 Å². The van der Waals surface area contributed by atoms with Gasteiger partial charge in [0, 0.05) is 97.4 Å². The number of hydrogen-bond donors (Lipinski definition) is 27.